The van der Waals surface area contributed by atoms with Gasteiger partial charge in [0.05, 0.1) is 5.60 Å². The lowest BCUT2D eigenvalue weighted by Crippen LogP contribution is -2.46. The molecule has 0 saturated carbocycles. The number of hydrogen-bond donors (Lipinski definition) is 3. The van der Waals surface area contributed by atoms with Gasteiger partial charge in [-0.15, -0.1) is 0 Å². The first-order valence-electron chi connectivity index (χ1n) is 6.74. The zero-order valence-corrected chi connectivity index (χ0v) is 12.7. The molecular weight excluding hydrogens is 294 g/mol. The summed E-state index contributed by atoms with van der Waals surface area (Å²) in [6, 6.07) is 5.16. The number of likely N-dealkylation sites (N-methyl/N-ethyl adjacent to an activating group) is 1. The van der Waals surface area contributed by atoms with E-state index in [1.54, 1.807) is 18.2 Å². The number of aliphatic hydroxyl groups is 1. The minimum atomic E-state index is -0.797. The Labute approximate surface area is 128 Å². The number of ether oxygens (including phenoxy) is 1. The van der Waals surface area contributed by atoms with Gasteiger partial charge < -0.3 is 25.7 Å². The van der Waals surface area contributed by atoms with Crippen LogP contribution in [0.5, 0.6) is 0 Å². The molecule has 116 valence electrons. The number of hydrogen-bond acceptors (Lipinski definition) is 5. The highest BCUT2D eigenvalue weighted by Gasteiger charge is 2.31. The lowest BCUT2D eigenvalue weighted by atomic mass is 9.93. The Hall–Kier alpha value is -1.50. The normalized spacial score (nSPS) is 18.5. The molecular formula is C14H20ClN3O3. The maximum Gasteiger partial charge on any atom is 0.172 e. The fraction of sp³-hybridized carbons (Fsp3) is 0.500. The van der Waals surface area contributed by atoms with Crippen molar-refractivity contribution in [3.05, 3.63) is 28.8 Å². The third kappa shape index (κ3) is 3.78. The second-order valence-electron chi connectivity index (χ2n) is 5.34. The molecule has 1 aromatic rings. The van der Waals surface area contributed by atoms with Gasteiger partial charge in [-0.25, -0.2) is 0 Å². The molecule has 1 aliphatic heterocycles. The van der Waals surface area contributed by atoms with Gasteiger partial charge in [0.25, 0.3) is 0 Å². The zero-order chi connectivity index (χ0) is 15.5. The van der Waals surface area contributed by atoms with Gasteiger partial charge in [-0.05, 0) is 18.2 Å². The van der Waals surface area contributed by atoms with Gasteiger partial charge in [0, 0.05) is 55.9 Å². The Morgan fingerprint density at radius 1 is 1.48 bits per heavy atom. The quantitative estimate of drug-likeness (QED) is 0.338. The Bertz CT molecular complexity index is 530. The van der Waals surface area contributed by atoms with Gasteiger partial charge >= 0.3 is 0 Å². The van der Waals surface area contributed by atoms with Crippen LogP contribution < -0.4 is 10.6 Å². The van der Waals surface area contributed by atoms with E-state index in [0.29, 0.717) is 43.2 Å². The summed E-state index contributed by atoms with van der Waals surface area (Å²) in [6.07, 6.45) is 1.17. The zero-order valence-electron chi connectivity index (χ0n) is 11.9. The minimum Gasteiger partial charge on any atom is -0.409 e. The predicted molar refractivity (Wildman–Crippen MR) is 82.2 cm³/mol. The van der Waals surface area contributed by atoms with Crippen molar-refractivity contribution in [2.45, 2.75) is 18.4 Å². The molecule has 1 aromatic carbocycles. The highest BCUT2D eigenvalue weighted by molar-refractivity contribution is 6.31. The Kier molecular flexibility index (Phi) is 4.92. The third-order valence-electron chi connectivity index (χ3n) is 3.71. The fourth-order valence-corrected chi connectivity index (χ4v) is 2.71. The van der Waals surface area contributed by atoms with E-state index in [0.717, 1.165) is 5.69 Å². The van der Waals surface area contributed by atoms with Crippen molar-refractivity contribution in [1.82, 2.24) is 0 Å². The second kappa shape index (κ2) is 6.51. The fourth-order valence-electron chi connectivity index (χ4n) is 2.54. The number of benzene rings is 1. The van der Waals surface area contributed by atoms with Gasteiger partial charge in [-0.2, -0.15) is 0 Å². The van der Waals surface area contributed by atoms with Crippen molar-refractivity contribution >= 4 is 23.1 Å². The van der Waals surface area contributed by atoms with Crippen molar-refractivity contribution < 1.29 is 15.1 Å². The summed E-state index contributed by atoms with van der Waals surface area (Å²) in [6.45, 7) is 1.54. The Balaban J connectivity index is 2.24. The molecule has 0 aromatic heterocycles. The molecule has 1 saturated heterocycles. The molecule has 0 unspecified atom stereocenters. The van der Waals surface area contributed by atoms with Crippen molar-refractivity contribution in [2.24, 2.45) is 10.9 Å². The highest BCUT2D eigenvalue weighted by Crippen LogP contribution is 2.27. The summed E-state index contributed by atoms with van der Waals surface area (Å²) in [4.78, 5) is 1.88. The molecule has 6 nitrogen and oxygen atoms in total. The summed E-state index contributed by atoms with van der Waals surface area (Å²) in [5.41, 5.74) is 6.18. The molecule has 0 radical (unpaired) electrons. The molecule has 7 heteroatoms. The average molecular weight is 314 g/mol. The monoisotopic (exact) mass is 313 g/mol. The topological polar surface area (TPSA) is 91.3 Å². The molecule has 0 bridgehead atoms. The van der Waals surface area contributed by atoms with Crippen LogP contribution in [-0.4, -0.2) is 48.6 Å². The first-order chi connectivity index (χ1) is 9.95. The highest BCUT2D eigenvalue weighted by atomic mass is 35.5. The number of nitrogens with zero attached hydrogens (tertiary/aromatic N) is 2. The molecule has 21 heavy (non-hydrogen) atoms. The SMILES string of the molecule is CN(CC1(O)CCOCC1)c1ccc(Cl)cc1/C(N)=N/O. The number of oxime groups is 1. The maximum atomic E-state index is 10.6. The van der Waals surface area contributed by atoms with Crippen molar-refractivity contribution in [2.75, 3.05) is 31.7 Å². The van der Waals surface area contributed by atoms with Crippen LogP contribution in [0.25, 0.3) is 0 Å². The van der Waals surface area contributed by atoms with Gasteiger partial charge in [0.2, 0.25) is 0 Å². The second-order valence-corrected chi connectivity index (χ2v) is 5.78. The maximum absolute atomic E-state index is 10.6. The summed E-state index contributed by atoms with van der Waals surface area (Å²) < 4.78 is 5.28. The van der Waals surface area contributed by atoms with Crippen LogP contribution in [-0.2, 0) is 4.74 Å². The summed E-state index contributed by atoms with van der Waals surface area (Å²) in [5.74, 6) is -0.0154. The van der Waals surface area contributed by atoms with Crippen LogP contribution in [0, 0.1) is 0 Å². The number of nitrogens with two attached hydrogens (primary N) is 1. The standard InChI is InChI=1S/C14H20ClN3O3/c1-18(9-14(19)4-6-21-7-5-14)12-3-2-10(15)8-11(12)13(16)17-20/h2-3,8,19-20H,4-7,9H2,1H3,(H2,16,17). The van der Waals surface area contributed by atoms with Crippen molar-refractivity contribution in [1.29, 1.82) is 0 Å². The van der Waals surface area contributed by atoms with E-state index >= 15 is 0 Å². The molecule has 1 aliphatic rings. The van der Waals surface area contributed by atoms with Gasteiger partial charge in [0.15, 0.2) is 5.84 Å². The lowest BCUT2D eigenvalue weighted by molar-refractivity contribution is -0.0572. The first-order valence-corrected chi connectivity index (χ1v) is 7.12. The van der Waals surface area contributed by atoms with Crippen LogP contribution in [0.4, 0.5) is 5.69 Å². The Morgan fingerprint density at radius 2 is 2.14 bits per heavy atom. The first kappa shape index (κ1) is 15.9. The minimum absolute atomic E-state index is 0.0154. The number of anilines is 1. The number of amidine groups is 1. The van der Waals surface area contributed by atoms with E-state index in [9.17, 15) is 5.11 Å². The van der Waals surface area contributed by atoms with Gasteiger partial charge in [0.1, 0.15) is 0 Å². The molecule has 2 rings (SSSR count). The molecule has 1 heterocycles. The van der Waals surface area contributed by atoms with Gasteiger partial charge in [-0.3, -0.25) is 0 Å². The summed E-state index contributed by atoms with van der Waals surface area (Å²) in [7, 11) is 1.85. The Morgan fingerprint density at radius 3 is 2.76 bits per heavy atom. The lowest BCUT2D eigenvalue weighted by Gasteiger charge is -2.36. The van der Waals surface area contributed by atoms with E-state index in [-0.39, 0.29) is 5.84 Å². The smallest absolute Gasteiger partial charge is 0.172 e. The molecule has 4 N–H and O–H groups in total. The van der Waals surface area contributed by atoms with E-state index in [4.69, 9.17) is 27.3 Å². The average Bonchev–Trinajstić information content (AvgIpc) is 2.46. The van der Waals surface area contributed by atoms with Crippen molar-refractivity contribution in [3.63, 3.8) is 0 Å². The van der Waals surface area contributed by atoms with E-state index in [2.05, 4.69) is 5.16 Å². The van der Waals surface area contributed by atoms with Crippen LogP contribution in [0.1, 0.15) is 18.4 Å². The molecule has 1 fully saturated rings. The van der Waals surface area contributed by atoms with Crippen LogP contribution in [0.3, 0.4) is 0 Å². The molecule has 0 aliphatic carbocycles. The molecule has 0 atom stereocenters. The van der Waals surface area contributed by atoms with E-state index in [1.165, 1.54) is 0 Å². The third-order valence-corrected chi connectivity index (χ3v) is 3.94. The predicted octanol–water partition coefficient (Wildman–Crippen LogP) is 1.41. The summed E-state index contributed by atoms with van der Waals surface area (Å²) in [5, 5.41) is 23.0. The van der Waals surface area contributed by atoms with Crippen LogP contribution in [0.15, 0.2) is 23.4 Å². The summed E-state index contributed by atoms with van der Waals surface area (Å²) >= 11 is 5.97. The van der Waals surface area contributed by atoms with E-state index < -0.39 is 5.60 Å². The van der Waals surface area contributed by atoms with Crippen LogP contribution in [0.2, 0.25) is 5.02 Å². The van der Waals surface area contributed by atoms with Crippen LogP contribution >= 0.6 is 11.6 Å². The van der Waals surface area contributed by atoms with E-state index in [1.807, 2.05) is 11.9 Å². The van der Waals surface area contributed by atoms with Gasteiger partial charge in [-0.1, -0.05) is 16.8 Å². The van der Waals surface area contributed by atoms with Crippen molar-refractivity contribution in [3.8, 4) is 0 Å². The number of halogens is 1. The number of rotatable bonds is 4. The molecule has 0 amide bonds. The largest absolute Gasteiger partial charge is 0.409 e. The molecule has 0 spiro atoms.